The van der Waals surface area contributed by atoms with Crippen molar-refractivity contribution in [3.63, 3.8) is 0 Å². The lowest BCUT2D eigenvalue weighted by Crippen LogP contribution is -2.30. The number of aliphatic carboxylic acids is 1. The minimum atomic E-state index is -0.858. The van der Waals surface area contributed by atoms with Gasteiger partial charge in [0.25, 0.3) is 0 Å². The van der Waals surface area contributed by atoms with E-state index < -0.39 is 5.97 Å². The molecule has 6 heteroatoms. The maximum atomic E-state index is 11.7. The summed E-state index contributed by atoms with van der Waals surface area (Å²) < 4.78 is 11.8. The van der Waals surface area contributed by atoms with Gasteiger partial charge in [0.2, 0.25) is 5.89 Å². The van der Waals surface area contributed by atoms with Crippen molar-refractivity contribution in [2.24, 2.45) is 0 Å². The van der Waals surface area contributed by atoms with E-state index in [0.29, 0.717) is 37.5 Å². The van der Waals surface area contributed by atoms with E-state index in [1.807, 2.05) is 73.5 Å². The van der Waals surface area contributed by atoms with Crippen LogP contribution in [0.2, 0.25) is 0 Å². The highest BCUT2D eigenvalue weighted by Gasteiger charge is 2.22. The van der Waals surface area contributed by atoms with Crippen LogP contribution >= 0.6 is 0 Å². The average Bonchev–Trinajstić information content (AvgIpc) is 3.15. The van der Waals surface area contributed by atoms with Crippen molar-refractivity contribution in [2.45, 2.75) is 19.8 Å². The van der Waals surface area contributed by atoms with Gasteiger partial charge in [0.05, 0.1) is 17.9 Å². The molecule has 0 saturated heterocycles. The number of aryl methyl sites for hydroxylation is 1. The molecule has 1 N–H and O–H groups in total. The minimum absolute atomic E-state index is 0.449. The summed E-state index contributed by atoms with van der Waals surface area (Å²) in [5.41, 5.74) is 4.08. The van der Waals surface area contributed by atoms with Crippen molar-refractivity contribution in [1.82, 2.24) is 9.88 Å². The molecule has 1 aliphatic heterocycles. The summed E-state index contributed by atoms with van der Waals surface area (Å²) in [7, 11) is 1.94. The molecule has 4 rings (SSSR count). The van der Waals surface area contributed by atoms with Crippen LogP contribution in [0.4, 0.5) is 0 Å². The molecular formula is C25H26N2O4. The largest absolute Gasteiger partial charge is 0.493 e. The lowest BCUT2D eigenvalue weighted by atomic mass is 9.93. The Morgan fingerprint density at radius 1 is 1.16 bits per heavy atom. The van der Waals surface area contributed by atoms with Crippen molar-refractivity contribution >= 4 is 11.5 Å². The van der Waals surface area contributed by atoms with Gasteiger partial charge in [0.15, 0.2) is 0 Å². The molecule has 3 aromatic rings. The zero-order chi connectivity index (χ0) is 21.8. The number of hydrogen-bond donors (Lipinski definition) is 1. The average molecular weight is 418 g/mol. The normalized spacial score (nSPS) is 14.6. The third kappa shape index (κ3) is 4.86. The van der Waals surface area contributed by atoms with E-state index in [-0.39, 0.29) is 0 Å². The smallest absolute Gasteiger partial charge is 0.333 e. The lowest BCUT2D eigenvalue weighted by Gasteiger charge is -2.26. The Hall–Kier alpha value is -3.38. The van der Waals surface area contributed by atoms with Crippen molar-refractivity contribution in [3.8, 4) is 17.2 Å². The fraction of sp³-hybridized carbons (Fsp3) is 0.280. The van der Waals surface area contributed by atoms with Crippen LogP contribution in [0.3, 0.4) is 0 Å². The van der Waals surface area contributed by atoms with Crippen molar-refractivity contribution < 1.29 is 19.1 Å². The Morgan fingerprint density at radius 3 is 2.71 bits per heavy atom. The van der Waals surface area contributed by atoms with E-state index in [4.69, 9.17) is 9.15 Å². The van der Waals surface area contributed by atoms with Crippen molar-refractivity contribution in [1.29, 1.82) is 0 Å². The molecule has 0 amide bonds. The van der Waals surface area contributed by atoms with Gasteiger partial charge in [0.1, 0.15) is 11.5 Å². The molecule has 1 aliphatic rings. The molecule has 1 aromatic heterocycles. The van der Waals surface area contributed by atoms with E-state index in [0.717, 1.165) is 40.4 Å². The molecule has 0 atom stereocenters. The number of benzene rings is 2. The van der Waals surface area contributed by atoms with Gasteiger partial charge >= 0.3 is 5.97 Å². The summed E-state index contributed by atoms with van der Waals surface area (Å²) in [4.78, 5) is 18.3. The van der Waals surface area contributed by atoms with E-state index in [2.05, 4.69) is 4.98 Å². The highest BCUT2D eigenvalue weighted by Crippen LogP contribution is 2.29. The van der Waals surface area contributed by atoms with Gasteiger partial charge in [-0.25, -0.2) is 9.78 Å². The molecule has 0 unspecified atom stereocenters. The highest BCUT2D eigenvalue weighted by atomic mass is 16.5. The van der Waals surface area contributed by atoms with Crippen molar-refractivity contribution in [2.75, 3.05) is 26.7 Å². The van der Waals surface area contributed by atoms with Crippen LogP contribution in [-0.2, 0) is 11.2 Å². The predicted octanol–water partition coefficient (Wildman–Crippen LogP) is 4.45. The number of ether oxygens (including phenoxy) is 1. The zero-order valence-corrected chi connectivity index (χ0v) is 17.8. The SMILES string of the molecule is Cc1oc(-c2ccccc2)nc1CCOc1cccc(C2=C(C(=O)O)CN(C)CC2)c1. The maximum absolute atomic E-state index is 11.7. The topological polar surface area (TPSA) is 75.8 Å². The Bertz CT molecular complexity index is 1100. The molecule has 2 heterocycles. The molecule has 160 valence electrons. The number of carbonyl (C=O) groups is 1. The van der Waals surface area contributed by atoms with Crippen LogP contribution in [0.25, 0.3) is 17.0 Å². The second-order valence-corrected chi connectivity index (χ2v) is 7.76. The molecule has 0 bridgehead atoms. The van der Waals surface area contributed by atoms with Gasteiger partial charge in [-0.1, -0.05) is 30.3 Å². The van der Waals surface area contributed by atoms with E-state index in [1.54, 1.807) is 0 Å². The summed E-state index contributed by atoms with van der Waals surface area (Å²) >= 11 is 0. The quantitative estimate of drug-likeness (QED) is 0.611. The number of aromatic nitrogens is 1. The standard InChI is InChI=1S/C25H26N2O4/c1-17-23(26-24(31-17)18-7-4-3-5-8-18)12-14-30-20-10-6-9-19(15-20)21-11-13-27(2)16-22(21)25(28)29/h3-10,15H,11-14,16H2,1-2H3,(H,28,29). The molecule has 0 saturated carbocycles. The first kappa shape index (κ1) is 20.9. The third-order valence-electron chi connectivity index (χ3n) is 5.50. The number of nitrogens with zero attached hydrogens (tertiary/aromatic N) is 2. The molecule has 0 radical (unpaired) electrons. The molecule has 0 spiro atoms. The maximum Gasteiger partial charge on any atom is 0.333 e. The first-order valence-electron chi connectivity index (χ1n) is 10.4. The summed E-state index contributed by atoms with van der Waals surface area (Å²) in [6.45, 7) is 3.66. The Balaban J connectivity index is 1.44. The van der Waals surface area contributed by atoms with Gasteiger partial charge in [-0.3, -0.25) is 0 Å². The second-order valence-electron chi connectivity index (χ2n) is 7.76. The molecule has 31 heavy (non-hydrogen) atoms. The summed E-state index contributed by atoms with van der Waals surface area (Å²) in [6.07, 6.45) is 1.34. The molecule has 2 aromatic carbocycles. The fourth-order valence-electron chi connectivity index (χ4n) is 3.82. The molecule has 0 fully saturated rings. The van der Waals surface area contributed by atoms with Gasteiger partial charge in [-0.15, -0.1) is 0 Å². The van der Waals surface area contributed by atoms with Gasteiger partial charge in [-0.05, 0) is 55.8 Å². The Kier molecular flexibility index (Phi) is 6.18. The number of carboxylic acids is 1. The number of rotatable bonds is 7. The van der Waals surface area contributed by atoms with E-state index in [9.17, 15) is 9.90 Å². The number of hydrogen-bond acceptors (Lipinski definition) is 5. The lowest BCUT2D eigenvalue weighted by molar-refractivity contribution is -0.132. The van der Waals surface area contributed by atoms with Crippen LogP contribution in [0.15, 0.2) is 64.6 Å². The minimum Gasteiger partial charge on any atom is -0.493 e. The predicted molar refractivity (Wildman–Crippen MR) is 119 cm³/mol. The molecular weight excluding hydrogens is 392 g/mol. The first-order valence-corrected chi connectivity index (χ1v) is 10.4. The fourth-order valence-corrected chi connectivity index (χ4v) is 3.82. The Labute approximate surface area is 181 Å². The summed E-state index contributed by atoms with van der Waals surface area (Å²) in [5.74, 6) is 1.27. The number of oxazole rings is 1. The van der Waals surface area contributed by atoms with Gasteiger partial charge < -0.3 is 19.2 Å². The monoisotopic (exact) mass is 418 g/mol. The first-order chi connectivity index (χ1) is 15.0. The third-order valence-corrected chi connectivity index (χ3v) is 5.50. The van der Waals surface area contributed by atoms with Gasteiger partial charge in [0, 0.05) is 25.1 Å². The highest BCUT2D eigenvalue weighted by molar-refractivity contribution is 5.97. The van der Waals surface area contributed by atoms with E-state index in [1.165, 1.54) is 0 Å². The van der Waals surface area contributed by atoms with Crippen LogP contribution in [0.5, 0.6) is 5.75 Å². The zero-order valence-electron chi connectivity index (χ0n) is 17.8. The van der Waals surface area contributed by atoms with Crippen LogP contribution in [0, 0.1) is 6.92 Å². The Morgan fingerprint density at radius 2 is 1.94 bits per heavy atom. The molecule has 0 aliphatic carbocycles. The molecule has 6 nitrogen and oxygen atoms in total. The van der Waals surface area contributed by atoms with Crippen LogP contribution in [0.1, 0.15) is 23.4 Å². The summed E-state index contributed by atoms with van der Waals surface area (Å²) in [6, 6.07) is 17.5. The number of carboxylic acid groups (broad SMARTS) is 1. The second kappa shape index (κ2) is 9.18. The summed E-state index contributed by atoms with van der Waals surface area (Å²) in [5, 5.41) is 9.60. The van der Waals surface area contributed by atoms with Gasteiger partial charge in [-0.2, -0.15) is 0 Å². The van der Waals surface area contributed by atoms with Crippen LogP contribution < -0.4 is 4.74 Å². The van der Waals surface area contributed by atoms with Crippen LogP contribution in [-0.4, -0.2) is 47.7 Å². The van der Waals surface area contributed by atoms with E-state index >= 15 is 0 Å². The van der Waals surface area contributed by atoms with Crippen molar-refractivity contribution in [3.05, 3.63) is 77.2 Å². The number of likely N-dealkylation sites (N-methyl/N-ethyl adjacent to an activating group) is 1.